The van der Waals surface area contributed by atoms with Crippen molar-refractivity contribution >= 4 is 38.9 Å². The van der Waals surface area contributed by atoms with Crippen molar-refractivity contribution in [2.75, 3.05) is 4.90 Å². The highest BCUT2D eigenvalue weighted by Gasteiger charge is 2.38. The summed E-state index contributed by atoms with van der Waals surface area (Å²) >= 11 is 0. The summed E-state index contributed by atoms with van der Waals surface area (Å²) in [6, 6.07) is 70.7. The minimum Gasteiger partial charge on any atom is -0.310 e. The van der Waals surface area contributed by atoms with Gasteiger partial charge in [0, 0.05) is 38.8 Å². The van der Waals surface area contributed by atoms with Gasteiger partial charge >= 0.3 is 0 Å². The highest BCUT2D eigenvalue weighted by Crippen LogP contribution is 2.53. The van der Waals surface area contributed by atoms with Gasteiger partial charge < -0.3 is 9.47 Å². The molecule has 53 heavy (non-hydrogen) atoms. The van der Waals surface area contributed by atoms with E-state index in [1.807, 2.05) is 0 Å². The fourth-order valence-electron chi connectivity index (χ4n) is 8.60. The van der Waals surface area contributed by atoms with E-state index in [9.17, 15) is 0 Å². The van der Waals surface area contributed by atoms with Crippen LogP contribution < -0.4 is 4.90 Å². The molecule has 0 bridgehead atoms. The lowest BCUT2D eigenvalue weighted by atomic mass is 9.82. The van der Waals surface area contributed by atoms with Crippen LogP contribution in [0.5, 0.6) is 0 Å². The van der Waals surface area contributed by atoms with E-state index in [1.165, 1.54) is 72.0 Å². The van der Waals surface area contributed by atoms with Crippen molar-refractivity contribution < 1.29 is 0 Å². The van der Waals surface area contributed by atoms with Crippen molar-refractivity contribution in [3.8, 4) is 39.1 Å². The van der Waals surface area contributed by atoms with Gasteiger partial charge in [-0.05, 0) is 93.5 Å². The Morgan fingerprint density at radius 1 is 0.396 bits per heavy atom. The van der Waals surface area contributed by atoms with Gasteiger partial charge in [0.05, 0.1) is 16.7 Å². The van der Waals surface area contributed by atoms with Crippen molar-refractivity contribution in [1.29, 1.82) is 0 Å². The molecule has 0 saturated heterocycles. The molecular weight excluding hydrogens is 641 g/mol. The molecule has 0 fully saturated rings. The molecule has 0 saturated carbocycles. The van der Waals surface area contributed by atoms with Crippen LogP contribution in [0.1, 0.15) is 25.0 Å². The molecule has 0 amide bonds. The Morgan fingerprint density at radius 3 is 1.60 bits per heavy atom. The molecule has 2 nitrogen and oxygen atoms in total. The van der Waals surface area contributed by atoms with E-state index in [1.54, 1.807) is 0 Å². The Bertz CT molecular complexity index is 2740. The first-order chi connectivity index (χ1) is 26.1. The fourth-order valence-corrected chi connectivity index (χ4v) is 8.60. The zero-order valence-corrected chi connectivity index (χ0v) is 29.9. The maximum atomic E-state index is 2.47. The van der Waals surface area contributed by atoms with Crippen LogP contribution in [0, 0.1) is 0 Å². The molecule has 0 atom stereocenters. The van der Waals surface area contributed by atoms with Gasteiger partial charge in [-0.25, -0.2) is 0 Å². The fraction of sp³-hybridized carbons (Fsp3) is 0.0588. The number of benzene rings is 8. The average Bonchev–Trinajstić information content (AvgIpc) is 3.67. The molecule has 1 aliphatic rings. The monoisotopic (exact) mass is 678 g/mol. The second kappa shape index (κ2) is 12.3. The highest BCUT2D eigenvalue weighted by atomic mass is 15.1. The molecule has 9 aromatic rings. The first-order valence-corrected chi connectivity index (χ1v) is 18.4. The van der Waals surface area contributed by atoms with Crippen molar-refractivity contribution in [3.05, 3.63) is 205 Å². The number of aromatic nitrogens is 1. The summed E-state index contributed by atoms with van der Waals surface area (Å²) < 4.78 is 2.47. The molecular formula is C51H38N2. The van der Waals surface area contributed by atoms with Gasteiger partial charge in [0.1, 0.15) is 0 Å². The summed E-state index contributed by atoms with van der Waals surface area (Å²) in [6.07, 6.45) is 0. The first-order valence-electron chi connectivity index (χ1n) is 18.4. The Morgan fingerprint density at radius 2 is 0.925 bits per heavy atom. The van der Waals surface area contributed by atoms with Gasteiger partial charge in [0.25, 0.3) is 0 Å². The average molecular weight is 679 g/mol. The van der Waals surface area contributed by atoms with Gasteiger partial charge in [-0.1, -0.05) is 153 Å². The lowest BCUT2D eigenvalue weighted by molar-refractivity contribution is 0.660. The highest BCUT2D eigenvalue weighted by molar-refractivity contribution is 6.10. The third-order valence-corrected chi connectivity index (χ3v) is 11.2. The van der Waals surface area contributed by atoms with Crippen LogP contribution in [0.15, 0.2) is 194 Å². The molecule has 1 aromatic heterocycles. The van der Waals surface area contributed by atoms with Crippen LogP contribution in [-0.2, 0) is 5.41 Å². The third kappa shape index (κ3) is 5.02. The summed E-state index contributed by atoms with van der Waals surface area (Å²) in [4.78, 5) is 2.41. The molecule has 1 heterocycles. The minimum absolute atomic E-state index is 0.204. The zero-order valence-electron chi connectivity index (χ0n) is 29.9. The predicted octanol–water partition coefficient (Wildman–Crippen LogP) is 13.9. The van der Waals surface area contributed by atoms with E-state index in [2.05, 4.69) is 217 Å². The lowest BCUT2D eigenvalue weighted by Gasteiger charge is -2.28. The number of rotatable bonds is 6. The molecule has 0 N–H and O–H groups in total. The number of anilines is 3. The Hall–Kier alpha value is -6.64. The lowest BCUT2D eigenvalue weighted by Crippen LogP contribution is -2.16. The van der Waals surface area contributed by atoms with Crippen molar-refractivity contribution in [2.45, 2.75) is 19.3 Å². The number of hydrogen-bond acceptors (Lipinski definition) is 1. The van der Waals surface area contributed by atoms with Gasteiger partial charge in [-0.2, -0.15) is 0 Å². The Kier molecular flexibility index (Phi) is 7.19. The van der Waals surface area contributed by atoms with Crippen LogP contribution in [0.4, 0.5) is 17.1 Å². The molecule has 0 radical (unpaired) electrons. The van der Waals surface area contributed by atoms with Gasteiger partial charge in [0.15, 0.2) is 0 Å². The van der Waals surface area contributed by atoms with E-state index in [-0.39, 0.29) is 5.41 Å². The normalized spacial score (nSPS) is 12.9. The van der Waals surface area contributed by atoms with Crippen LogP contribution in [0.3, 0.4) is 0 Å². The minimum atomic E-state index is -0.204. The summed E-state index contributed by atoms with van der Waals surface area (Å²) in [5.74, 6) is 0. The van der Waals surface area contributed by atoms with Crippen molar-refractivity contribution in [3.63, 3.8) is 0 Å². The van der Waals surface area contributed by atoms with Gasteiger partial charge in [-0.3, -0.25) is 0 Å². The predicted molar refractivity (Wildman–Crippen MR) is 224 cm³/mol. The molecule has 0 unspecified atom stereocenters. The largest absolute Gasteiger partial charge is 0.310 e. The quantitative estimate of drug-likeness (QED) is 0.170. The first kappa shape index (κ1) is 31.1. The second-order valence-corrected chi connectivity index (χ2v) is 14.6. The molecule has 0 aliphatic heterocycles. The zero-order chi connectivity index (χ0) is 35.5. The van der Waals surface area contributed by atoms with E-state index < -0.39 is 0 Å². The summed E-state index contributed by atoms with van der Waals surface area (Å²) in [6.45, 7) is 4.76. The number of para-hydroxylation sites is 2. The summed E-state index contributed by atoms with van der Waals surface area (Å²) in [5, 5.41) is 2.56. The number of fused-ring (bicyclic) bond motifs is 6. The van der Waals surface area contributed by atoms with Crippen molar-refractivity contribution in [2.24, 2.45) is 0 Å². The number of hydrogen-bond donors (Lipinski definition) is 0. The molecule has 252 valence electrons. The maximum absolute atomic E-state index is 2.47. The maximum Gasteiger partial charge on any atom is 0.0543 e. The van der Waals surface area contributed by atoms with Crippen LogP contribution >= 0.6 is 0 Å². The molecule has 0 spiro atoms. The van der Waals surface area contributed by atoms with Crippen LogP contribution in [0.25, 0.3) is 60.9 Å². The summed E-state index contributed by atoms with van der Waals surface area (Å²) in [5.41, 5.74) is 17.0. The van der Waals surface area contributed by atoms with Gasteiger partial charge in [0.2, 0.25) is 0 Å². The molecule has 10 rings (SSSR count). The standard InChI is InChI=1S/C51H38N2/c1-51(2)45-23-14-26-49(53-47-24-11-9-21-42(47)43-22-10-12-25-48(43)53)50(45)44-32-31-41(34-46(44)51)52(39-29-27-37(28-30-39)35-15-5-3-6-16-35)40-20-13-19-38(33-40)36-17-7-4-8-18-36/h3-34H,1-2H3. The second-order valence-electron chi connectivity index (χ2n) is 14.6. The SMILES string of the molecule is CC1(C)c2cc(N(c3ccc(-c4ccccc4)cc3)c3cccc(-c4ccccc4)c3)ccc2-c2c(-n3c4ccccc4c4ccccc43)cccc21. The van der Waals surface area contributed by atoms with Crippen LogP contribution in [0.2, 0.25) is 0 Å². The Balaban J connectivity index is 1.15. The van der Waals surface area contributed by atoms with E-state index in [0.29, 0.717) is 0 Å². The molecule has 8 aromatic carbocycles. The number of nitrogens with zero attached hydrogens (tertiary/aromatic N) is 2. The third-order valence-electron chi connectivity index (χ3n) is 11.2. The van der Waals surface area contributed by atoms with Crippen LogP contribution in [-0.4, -0.2) is 4.57 Å². The van der Waals surface area contributed by atoms with Gasteiger partial charge in [-0.15, -0.1) is 0 Å². The van der Waals surface area contributed by atoms with Crippen molar-refractivity contribution in [1.82, 2.24) is 4.57 Å². The Labute approximate surface area is 310 Å². The van der Waals surface area contributed by atoms with E-state index >= 15 is 0 Å². The topological polar surface area (TPSA) is 8.17 Å². The molecule has 1 aliphatic carbocycles. The summed E-state index contributed by atoms with van der Waals surface area (Å²) in [7, 11) is 0. The molecule has 2 heteroatoms. The smallest absolute Gasteiger partial charge is 0.0543 e. The van der Waals surface area contributed by atoms with E-state index in [4.69, 9.17) is 0 Å². The van der Waals surface area contributed by atoms with E-state index in [0.717, 1.165) is 17.1 Å².